The summed E-state index contributed by atoms with van der Waals surface area (Å²) < 4.78 is 0. The average Bonchev–Trinajstić information content (AvgIpc) is 3.81. The molecule has 3 fully saturated rings. The quantitative estimate of drug-likeness (QED) is 0.0315. The van der Waals surface area contributed by atoms with Gasteiger partial charge >= 0.3 is 0 Å². The standard InChI is InChI=1S/C33H52N14O11S2/c34-22(48)6-5-16-27(53)45-19(12-23(35)49)30(56)46-20(14-60-59-10-7-25(51)41-17-11-18(29(55)42-16)44-28(17)54)32(58)47-9-2-4-21(47)31(57)43-15(3-1-8-39-33(37)38)26(52)40-13-24(36)50/h15-21H,1-14H2,(H2,34,48)(H2,35,49)(H2,36,50)(H,40,52)(H,41,51)(H,42,55)(H,43,57)(H,44,54)(H,45,53)(H,46,56)(H4,37,38,39)/t15-,16-,17+,18-,19-,20-,21-/m0/s1. The van der Waals surface area contributed by atoms with E-state index >= 15 is 0 Å². The lowest BCUT2D eigenvalue weighted by atomic mass is 10.1. The van der Waals surface area contributed by atoms with Gasteiger partial charge in [0.1, 0.15) is 42.3 Å². The summed E-state index contributed by atoms with van der Waals surface area (Å²) in [5, 5.41) is 17.2. The number of primary amides is 3. The van der Waals surface area contributed by atoms with Crippen molar-refractivity contribution in [3.8, 4) is 0 Å². The Balaban J connectivity index is 1.89. The lowest BCUT2D eigenvalue weighted by molar-refractivity contribution is -0.142. The molecule has 3 heterocycles. The van der Waals surface area contributed by atoms with E-state index in [0.29, 0.717) is 6.42 Å². The average molecular weight is 885 g/mol. The highest BCUT2D eigenvalue weighted by Gasteiger charge is 2.41. The van der Waals surface area contributed by atoms with Gasteiger partial charge in [-0.05, 0) is 32.1 Å². The molecule has 60 heavy (non-hydrogen) atoms. The zero-order valence-electron chi connectivity index (χ0n) is 32.5. The van der Waals surface area contributed by atoms with Gasteiger partial charge in [0.15, 0.2) is 5.96 Å². The third kappa shape index (κ3) is 15.7. The third-order valence-corrected chi connectivity index (χ3v) is 11.7. The zero-order valence-corrected chi connectivity index (χ0v) is 34.2. The molecule has 3 aliphatic rings. The molecule has 11 amide bonds. The minimum Gasteiger partial charge on any atom is -0.370 e. The van der Waals surface area contributed by atoms with E-state index < -0.39 is 127 Å². The summed E-state index contributed by atoms with van der Waals surface area (Å²) in [4.78, 5) is 147. The highest BCUT2D eigenvalue weighted by atomic mass is 33.1. The van der Waals surface area contributed by atoms with Gasteiger partial charge in [-0.25, -0.2) is 0 Å². The minimum atomic E-state index is -1.70. The summed E-state index contributed by atoms with van der Waals surface area (Å²) in [5.74, 6) is -9.09. The molecule has 0 unspecified atom stereocenters. The van der Waals surface area contributed by atoms with Crippen molar-refractivity contribution >= 4 is 92.5 Å². The van der Waals surface area contributed by atoms with E-state index in [1.54, 1.807) is 0 Å². The Morgan fingerprint density at radius 2 is 1.47 bits per heavy atom. The van der Waals surface area contributed by atoms with Gasteiger partial charge in [0.2, 0.25) is 65.0 Å². The Kier molecular flexibility index (Phi) is 19.1. The Morgan fingerprint density at radius 1 is 0.800 bits per heavy atom. The highest BCUT2D eigenvalue weighted by Crippen LogP contribution is 2.26. The van der Waals surface area contributed by atoms with Crippen LogP contribution in [0.15, 0.2) is 4.99 Å². The van der Waals surface area contributed by atoms with Crippen LogP contribution < -0.4 is 65.9 Å². The molecule has 0 aliphatic carbocycles. The number of nitrogens with zero attached hydrogens (tertiary/aromatic N) is 2. The maximum Gasteiger partial charge on any atom is 0.246 e. The number of likely N-dealkylation sites (tertiary alicyclic amines) is 1. The first-order chi connectivity index (χ1) is 28.4. The van der Waals surface area contributed by atoms with Crippen LogP contribution >= 0.6 is 21.6 Å². The SMILES string of the molecule is NC(=O)CC[C@@H]1NC(=O)[C@@H]2C[C@@H](NC(=O)CCSSC[C@@H](C(=O)N3CCC[C@H]3C(=O)N[C@@H](CCCN=C(N)N)C(=O)NCC(N)=O)NC(=O)[C@H](CC(N)=O)NC1=O)C(=O)N2. The molecular formula is C33H52N14O11S2. The summed E-state index contributed by atoms with van der Waals surface area (Å²) >= 11 is 0. The van der Waals surface area contributed by atoms with Crippen LogP contribution in [0.25, 0.3) is 0 Å². The molecule has 3 aliphatic heterocycles. The first kappa shape index (κ1) is 48.5. The number of fused-ring (bicyclic) bond motifs is 2. The van der Waals surface area contributed by atoms with Crippen molar-refractivity contribution < 1.29 is 52.7 Å². The summed E-state index contributed by atoms with van der Waals surface area (Å²) in [7, 11) is 2.23. The minimum absolute atomic E-state index is 0.0345. The topological polar surface area (TPSA) is 418 Å². The van der Waals surface area contributed by atoms with Gasteiger partial charge in [-0.15, -0.1) is 0 Å². The summed E-state index contributed by atoms with van der Waals surface area (Å²) in [6.45, 7) is -0.332. The fourth-order valence-corrected chi connectivity index (χ4v) is 8.49. The summed E-state index contributed by atoms with van der Waals surface area (Å²) in [6.07, 6.45) is -0.954. The van der Waals surface area contributed by atoms with E-state index in [9.17, 15) is 52.7 Å². The van der Waals surface area contributed by atoms with Crippen molar-refractivity contribution in [2.45, 2.75) is 100 Å². The van der Waals surface area contributed by atoms with Gasteiger partial charge in [-0.1, -0.05) is 21.6 Å². The van der Waals surface area contributed by atoms with Crippen LogP contribution in [0.3, 0.4) is 0 Å². The molecule has 0 saturated carbocycles. The van der Waals surface area contributed by atoms with Gasteiger partial charge in [-0.2, -0.15) is 0 Å². The smallest absolute Gasteiger partial charge is 0.246 e. The second kappa shape index (κ2) is 23.7. The van der Waals surface area contributed by atoms with Crippen LogP contribution in [0, 0.1) is 0 Å². The predicted molar refractivity (Wildman–Crippen MR) is 215 cm³/mol. The van der Waals surface area contributed by atoms with Gasteiger partial charge < -0.3 is 70.8 Å². The van der Waals surface area contributed by atoms with E-state index in [2.05, 4.69) is 42.2 Å². The number of carbonyl (C=O) groups is 11. The second-order valence-corrected chi connectivity index (χ2v) is 16.6. The number of guanidine groups is 1. The molecule has 332 valence electrons. The van der Waals surface area contributed by atoms with Gasteiger partial charge in [0.25, 0.3) is 0 Å². The number of nitrogens with one attached hydrogen (secondary N) is 7. The Bertz CT molecular complexity index is 1710. The van der Waals surface area contributed by atoms with Crippen LogP contribution in [0.4, 0.5) is 0 Å². The van der Waals surface area contributed by atoms with Gasteiger partial charge in [-0.3, -0.25) is 57.7 Å². The Hall–Kier alpha value is -5.86. The lowest BCUT2D eigenvalue weighted by Crippen LogP contribution is -2.60. The summed E-state index contributed by atoms with van der Waals surface area (Å²) in [5.41, 5.74) is 26.6. The highest BCUT2D eigenvalue weighted by molar-refractivity contribution is 8.76. The molecule has 17 N–H and O–H groups in total. The maximum atomic E-state index is 14.2. The number of rotatable bonds is 15. The van der Waals surface area contributed by atoms with Crippen molar-refractivity contribution in [2.75, 3.05) is 31.1 Å². The third-order valence-electron chi connectivity index (χ3n) is 9.31. The number of amides is 11. The number of aliphatic imine (C=N–C) groups is 1. The zero-order chi connectivity index (χ0) is 44.5. The molecule has 3 rings (SSSR count). The summed E-state index contributed by atoms with van der Waals surface area (Å²) in [6, 6.07) is -9.16. The van der Waals surface area contributed by atoms with Gasteiger partial charge in [0, 0.05) is 43.9 Å². The fraction of sp³-hybridized carbons (Fsp3) is 0.636. The molecule has 0 aromatic carbocycles. The van der Waals surface area contributed by atoms with Crippen LogP contribution in [-0.4, -0.2) is 149 Å². The Labute approximate surface area is 351 Å². The Morgan fingerprint density at radius 3 is 2.13 bits per heavy atom. The van der Waals surface area contributed by atoms with Crippen LogP contribution in [0.1, 0.15) is 57.8 Å². The van der Waals surface area contributed by atoms with Gasteiger partial charge in [0.05, 0.1) is 13.0 Å². The number of nitrogens with two attached hydrogens (primary N) is 5. The molecule has 25 nitrogen and oxygen atoms in total. The molecule has 0 radical (unpaired) electrons. The number of hydrogen-bond donors (Lipinski definition) is 12. The monoisotopic (exact) mass is 884 g/mol. The van der Waals surface area contributed by atoms with Crippen LogP contribution in [0.5, 0.6) is 0 Å². The van der Waals surface area contributed by atoms with E-state index in [1.165, 1.54) is 4.90 Å². The number of hydrogen-bond acceptors (Lipinski definition) is 14. The molecule has 27 heteroatoms. The predicted octanol–water partition coefficient (Wildman–Crippen LogP) is -7.13. The molecular weight excluding hydrogens is 833 g/mol. The second-order valence-electron chi connectivity index (χ2n) is 14.0. The van der Waals surface area contributed by atoms with Crippen molar-refractivity contribution in [2.24, 2.45) is 33.7 Å². The van der Waals surface area contributed by atoms with Crippen molar-refractivity contribution in [1.29, 1.82) is 0 Å². The van der Waals surface area contributed by atoms with Crippen molar-refractivity contribution in [3.63, 3.8) is 0 Å². The van der Waals surface area contributed by atoms with Crippen molar-refractivity contribution in [1.82, 2.24) is 42.1 Å². The molecule has 0 aromatic rings. The molecule has 0 aromatic heterocycles. The largest absolute Gasteiger partial charge is 0.370 e. The van der Waals surface area contributed by atoms with E-state index in [0.717, 1.165) is 21.6 Å². The molecule has 0 spiro atoms. The first-order valence-corrected chi connectivity index (χ1v) is 21.4. The first-order valence-electron chi connectivity index (χ1n) is 18.9. The van der Waals surface area contributed by atoms with Crippen LogP contribution in [0.2, 0.25) is 0 Å². The van der Waals surface area contributed by atoms with E-state index in [1.807, 2.05) is 0 Å². The maximum absolute atomic E-state index is 14.2. The van der Waals surface area contributed by atoms with E-state index in [4.69, 9.17) is 28.7 Å². The fourth-order valence-electron chi connectivity index (χ4n) is 6.35. The number of carbonyl (C=O) groups excluding carboxylic acids is 11. The normalized spacial score (nSPS) is 24.7. The van der Waals surface area contributed by atoms with E-state index in [-0.39, 0.29) is 69.1 Å². The van der Waals surface area contributed by atoms with Crippen LogP contribution in [-0.2, 0) is 52.7 Å². The lowest BCUT2D eigenvalue weighted by Gasteiger charge is -2.30. The van der Waals surface area contributed by atoms with Crippen molar-refractivity contribution in [3.05, 3.63) is 0 Å². The molecule has 2 bridgehead atoms. The molecule has 3 saturated heterocycles. The molecule has 7 atom stereocenters.